The summed E-state index contributed by atoms with van der Waals surface area (Å²) in [6, 6.07) is 23.4. The highest BCUT2D eigenvalue weighted by Gasteiger charge is 2.27. The number of hydrogen-bond acceptors (Lipinski definition) is 4. The summed E-state index contributed by atoms with van der Waals surface area (Å²) in [5.74, 6) is -0.659. The molecule has 2 amide bonds. The van der Waals surface area contributed by atoms with Gasteiger partial charge in [-0.05, 0) is 30.7 Å². The van der Waals surface area contributed by atoms with Gasteiger partial charge >= 0.3 is 0 Å². The molecule has 4 rings (SSSR count). The first-order valence-corrected chi connectivity index (χ1v) is 10.6. The summed E-state index contributed by atoms with van der Waals surface area (Å²) in [6.45, 7) is 2.26. The van der Waals surface area contributed by atoms with Crippen molar-refractivity contribution >= 4 is 34.9 Å². The third-order valence-electron chi connectivity index (χ3n) is 5.13. The Labute approximate surface area is 196 Å². The summed E-state index contributed by atoms with van der Waals surface area (Å²) in [5.41, 5.74) is 3.73. The van der Waals surface area contributed by atoms with E-state index in [2.05, 4.69) is 15.6 Å². The molecule has 1 aliphatic rings. The first kappa shape index (κ1) is 22.0. The third kappa shape index (κ3) is 4.84. The van der Waals surface area contributed by atoms with Crippen molar-refractivity contribution < 1.29 is 9.59 Å². The van der Waals surface area contributed by atoms with Gasteiger partial charge in [-0.2, -0.15) is 5.26 Å². The maximum Gasteiger partial charge on any atom is 0.264 e. The van der Waals surface area contributed by atoms with Crippen LogP contribution in [0.25, 0.3) is 5.70 Å². The number of aliphatic imine (C=N–C) groups is 1. The van der Waals surface area contributed by atoms with Crippen LogP contribution in [0, 0.1) is 18.3 Å². The smallest absolute Gasteiger partial charge is 0.264 e. The second-order valence-corrected chi connectivity index (χ2v) is 7.91. The molecule has 7 heteroatoms. The largest absolute Gasteiger partial charge is 0.347 e. The molecule has 6 nitrogen and oxygen atoms in total. The van der Waals surface area contributed by atoms with Gasteiger partial charge in [0.2, 0.25) is 0 Å². The number of nitrogens with zero attached hydrogens (tertiary/aromatic N) is 2. The number of carbonyl (C=O) groups is 2. The number of halogens is 1. The molecule has 0 spiro atoms. The lowest BCUT2D eigenvalue weighted by molar-refractivity contribution is -0.117. The normalized spacial score (nSPS) is 13.4. The monoisotopic (exact) mass is 454 g/mol. The number of fused-ring (bicyclic) bond motifs is 1. The number of amides is 2. The Kier molecular flexibility index (Phi) is 6.34. The minimum Gasteiger partial charge on any atom is -0.347 e. The minimum absolute atomic E-state index is 0.124. The first-order valence-electron chi connectivity index (χ1n) is 10.2. The van der Waals surface area contributed by atoms with Gasteiger partial charge in [0.05, 0.1) is 5.70 Å². The molecule has 0 atom stereocenters. The molecule has 3 aromatic rings. The molecular formula is C26H19ClN4O2. The zero-order valence-electron chi connectivity index (χ0n) is 17.7. The lowest BCUT2D eigenvalue weighted by Crippen LogP contribution is -2.30. The highest BCUT2D eigenvalue weighted by Crippen LogP contribution is 2.30. The molecular weight excluding hydrogens is 436 g/mol. The average Bonchev–Trinajstić information content (AvgIpc) is 3.17. The van der Waals surface area contributed by atoms with Crippen molar-refractivity contribution in [3.63, 3.8) is 0 Å². The SMILES string of the molecule is Cc1ccc(CNC(=O)C(C#N)=C2N=C(NC(=O)c3cccc(Cl)c3)c3ccccc32)cc1. The summed E-state index contributed by atoms with van der Waals surface area (Å²) < 4.78 is 0. The van der Waals surface area contributed by atoms with Crippen LogP contribution in [0.1, 0.15) is 32.6 Å². The highest BCUT2D eigenvalue weighted by atomic mass is 35.5. The van der Waals surface area contributed by atoms with E-state index >= 15 is 0 Å². The second-order valence-electron chi connectivity index (χ2n) is 7.47. The molecule has 33 heavy (non-hydrogen) atoms. The fourth-order valence-electron chi connectivity index (χ4n) is 3.41. The van der Waals surface area contributed by atoms with Gasteiger partial charge in [-0.25, -0.2) is 4.99 Å². The molecule has 1 aliphatic heterocycles. The Morgan fingerprint density at radius 3 is 2.42 bits per heavy atom. The van der Waals surface area contributed by atoms with Gasteiger partial charge in [-0.1, -0.05) is 71.8 Å². The summed E-state index contributed by atoms with van der Waals surface area (Å²) in [6.07, 6.45) is 0. The zero-order chi connectivity index (χ0) is 23.4. The van der Waals surface area contributed by atoms with Crippen LogP contribution >= 0.6 is 11.6 Å². The summed E-state index contributed by atoms with van der Waals surface area (Å²) >= 11 is 5.99. The van der Waals surface area contributed by atoms with Crippen molar-refractivity contribution in [2.75, 3.05) is 0 Å². The third-order valence-corrected chi connectivity index (χ3v) is 5.36. The number of benzene rings is 3. The topological polar surface area (TPSA) is 94.3 Å². The van der Waals surface area contributed by atoms with E-state index in [1.54, 1.807) is 48.5 Å². The number of aryl methyl sites for hydroxylation is 1. The maximum atomic E-state index is 12.8. The van der Waals surface area contributed by atoms with E-state index in [1.807, 2.05) is 37.3 Å². The quantitative estimate of drug-likeness (QED) is 0.452. The number of amidine groups is 1. The average molecular weight is 455 g/mol. The Morgan fingerprint density at radius 2 is 1.73 bits per heavy atom. The van der Waals surface area contributed by atoms with E-state index in [0.29, 0.717) is 21.7 Å². The number of hydrogen-bond donors (Lipinski definition) is 2. The van der Waals surface area contributed by atoms with E-state index in [1.165, 1.54) is 0 Å². The molecule has 0 unspecified atom stereocenters. The van der Waals surface area contributed by atoms with Crippen LogP contribution in [0.2, 0.25) is 5.02 Å². The Bertz CT molecular complexity index is 1350. The molecule has 0 radical (unpaired) electrons. The van der Waals surface area contributed by atoms with Gasteiger partial charge in [0.15, 0.2) is 0 Å². The molecule has 0 aromatic heterocycles. The van der Waals surface area contributed by atoms with Gasteiger partial charge in [0.25, 0.3) is 11.8 Å². The standard InChI is InChI=1S/C26H19ClN4O2/c1-16-9-11-17(12-10-16)15-29-26(33)22(14-28)23-20-7-2-3-8-21(20)24(30-23)31-25(32)18-5-4-6-19(27)13-18/h2-13H,15H2,1H3,(H,29,33)(H,30,31,32). The maximum absolute atomic E-state index is 12.8. The van der Waals surface area contributed by atoms with E-state index in [0.717, 1.165) is 11.1 Å². The predicted molar refractivity (Wildman–Crippen MR) is 127 cm³/mol. The van der Waals surface area contributed by atoms with Crippen LogP contribution in [0.3, 0.4) is 0 Å². The van der Waals surface area contributed by atoms with Crippen molar-refractivity contribution in [1.82, 2.24) is 10.6 Å². The fourth-order valence-corrected chi connectivity index (χ4v) is 3.60. The molecule has 0 saturated carbocycles. The van der Waals surface area contributed by atoms with Crippen molar-refractivity contribution in [1.29, 1.82) is 5.26 Å². The Hall–Kier alpha value is -4.21. The van der Waals surface area contributed by atoms with Crippen LogP contribution < -0.4 is 10.6 Å². The lowest BCUT2D eigenvalue weighted by atomic mass is 10.0. The molecule has 0 fully saturated rings. The number of carbonyl (C=O) groups excluding carboxylic acids is 2. The van der Waals surface area contributed by atoms with Crippen molar-refractivity contribution in [3.05, 3.63) is 111 Å². The van der Waals surface area contributed by atoms with Gasteiger partial charge in [-0.3, -0.25) is 9.59 Å². The first-order chi connectivity index (χ1) is 16.0. The Morgan fingerprint density at radius 1 is 1.00 bits per heavy atom. The van der Waals surface area contributed by atoms with Gasteiger partial charge < -0.3 is 10.6 Å². The summed E-state index contributed by atoms with van der Waals surface area (Å²) in [4.78, 5) is 30.0. The van der Waals surface area contributed by atoms with E-state index in [-0.39, 0.29) is 23.7 Å². The number of nitriles is 1. The van der Waals surface area contributed by atoms with Crippen LogP contribution in [-0.2, 0) is 11.3 Å². The van der Waals surface area contributed by atoms with Gasteiger partial charge in [-0.15, -0.1) is 0 Å². The predicted octanol–water partition coefficient (Wildman–Crippen LogP) is 4.39. The fraction of sp³-hybridized carbons (Fsp3) is 0.0769. The van der Waals surface area contributed by atoms with E-state index in [4.69, 9.17) is 11.6 Å². The molecule has 1 heterocycles. The summed E-state index contributed by atoms with van der Waals surface area (Å²) in [7, 11) is 0. The van der Waals surface area contributed by atoms with Crippen molar-refractivity contribution in [3.8, 4) is 6.07 Å². The number of nitrogens with one attached hydrogen (secondary N) is 2. The van der Waals surface area contributed by atoms with Gasteiger partial charge in [0.1, 0.15) is 17.5 Å². The molecule has 3 aromatic carbocycles. The van der Waals surface area contributed by atoms with E-state index in [9.17, 15) is 14.9 Å². The second kappa shape index (κ2) is 9.51. The molecule has 0 saturated heterocycles. The lowest BCUT2D eigenvalue weighted by Gasteiger charge is -2.07. The molecule has 0 aliphatic carbocycles. The van der Waals surface area contributed by atoms with Crippen LogP contribution in [0.4, 0.5) is 0 Å². The summed E-state index contributed by atoms with van der Waals surface area (Å²) in [5, 5.41) is 15.7. The minimum atomic E-state index is -0.533. The van der Waals surface area contributed by atoms with Crippen LogP contribution in [0.15, 0.2) is 83.4 Å². The van der Waals surface area contributed by atoms with Crippen LogP contribution in [0.5, 0.6) is 0 Å². The van der Waals surface area contributed by atoms with Crippen LogP contribution in [-0.4, -0.2) is 17.6 Å². The van der Waals surface area contributed by atoms with E-state index < -0.39 is 11.8 Å². The van der Waals surface area contributed by atoms with Crippen molar-refractivity contribution in [2.24, 2.45) is 4.99 Å². The zero-order valence-corrected chi connectivity index (χ0v) is 18.5. The molecule has 0 bridgehead atoms. The van der Waals surface area contributed by atoms with Crippen molar-refractivity contribution in [2.45, 2.75) is 13.5 Å². The molecule has 162 valence electrons. The number of rotatable bonds is 4. The Balaban J connectivity index is 1.62. The highest BCUT2D eigenvalue weighted by molar-refractivity contribution is 6.31. The van der Waals surface area contributed by atoms with Gasteiger partial charge in [0, 0.05) is 28.3 Å². The molecule has 2 N–H and O–H groups in total.